The fourth-order valence-electron chi connectivity index (χ4n) is 10.5. The standard InChI is InChI=1S/C38H64N2O4/c1-26(2)9-8-10-27(3)31-13-14-32-30-12-11-28-25-29(15-17-37(28,6)33(30)16-18-38(31,32)7)44-35(42)36(4,5)34(41)39-19-20-40-21-23-43-24-22-40/h11,26-27,29-33H,8-10,12-25H2,1-7H3,(H,39,41)/t27-,29+,30?,31?,32+,33?,37+,38-/m1/s1. The maximum absolute atomic E-state index is 13.3. The van der Waals surface area contributed by atoms with Crippen molar-refractivity contribution in [3.05, 3.63) is 11.6 Å². The number of allylic oxidation sites excluding steroid dienone is 1. The minimum Gasteiger partial charge on any atom is -0.461 e. The van der Waals surface area contributed by atoms with Crippen LogP contribution in [-0.2, 0) is 19.1 Å². The summed E-state index contributed by atoms with van der Waals surface area (Å²) < 4.78 is 11.5. The van der Waals surface area contributed by atoms with Crippen LogP contribution in [-0.4, -0.2) is 62.3 Å². The zero-order valence-electron chi connectivity index (χ0n) is 29.2. The van der Waals surface area contributed by atoms with Crippen LogP contribution in [0.5, 0.6) is 0 Å². The maximum atomic E-state index is 13.3. The van der Waals surface area contributed by atoms with Gasteiger partial charge in [-0.25, -0.2) is 0 Å². The molecule has 8 atom stereocenters. The summed E-state index contributed by atoms with van der Waals surface area (Å²) in [6.45, 7) is 20.4. The van der Waals surface area contributed by atoms with Gasteiger partial charge >= 0.3 is 5.97 Å². The Kier molecular flexibility index (Phi) is 10.6. The quantitative estimate of drug-likeness (QED) is 0.149. The molecule has 4 fully saturated rings. The maximum Gasteiger partial charge on any atom is 0.321 e. The van der Waals surface area contributed by atoms with E-state index in [2.05, 4.69) is 50.9 Å². The third kappa shape index (κ3) is 6.82. The van der Waals surface area contributed by atoms with Gasteiger partial charge in [0.05, 0.1) is 13.2 Å². The SMILES string of the molecule is CC(C)CCC[C@@H](C)C1CC[C@H]2C3CC=C4C[C@@H](OC(=O)C(C)(C)C(=O)NCCN5CCOCC5)CC[C@]4(C)C3CC[C@]12C. The van der Waals surface area contributed by atoms with E-state index in [-0.39, 0.29) is 17.4 Å². The van der Waals surface area contributed by atoms with E-state index in [1.165, 1.54) is 56.9 Å². The molecule has 0 aromatic rings. The van der Waals surface area contributed by atoms with Gasteiger partial charge in [0.1, 0.15) is 11.5 Å². The highest BCUT2D eigenvalue weighted by Crippen LogP contribution is 2.67. The van der Waals surface area contributed by atoms with Crippen LogP contribution < -0.4 is 5.32 Å². The van der Waals surface area contributed by atoms with Crippen LogP contribution in [0.3, 0.4) is 0 Å². The molecule has 4 aliphatic carbocycles. The van der Waals surface area contributed by atoms with Gasteiger partial charge in [-0.2, -0.15) is 0 Å². The van der Waals surface area contributed by atoms with Crippen LogP contribution in [0.2, 0.25) is 0 Å². The van der Waals surface area contributed by atoms with Crippen molar-refractivity contribution in [2.75, 3.05) is 39.4 Å². The highest BCUT2D eigenvalue weighted by molar-refractivity contribution is 6.01. The van der Waals surface area contributed by atoms with Crippen molar-refractivity contribution in [3.63, 3.8) is 0 Å². The van der Waals surface area contributed by atoms with Gasteiger partial charge in [-0.1, -0.05) is 65.5 Å². The van der Waals surface area contributed by atoms with Crippen molar-refractivity contribution in [1.29, 1.82) is 0 Å². The van der Waals surface area contributed by atoms with Gasteiger partial charge in [-0.05, 0) is 105 Å². The Labute approximate surface area is 268 Å². The van der Waals surface area contributed by atoms with Crippen molar-refractivity contribution < 1.29 is 19.1 Å². The molecule has 0 aromatic carbocycles. The fourth-order valence-corrected chi connectivity index (χ4v) is 10.5. The second-order valence-electron chi connectivity index (χ2n) is 16.9. The summed E-state index contributed by atoms with van der Waals surface area (Å²) in [5.41, 5.74) is 1.05. The lowest BCUT2D eigenvalue weighted by Crippen LogP contribution is -2.51. The molecule has 0 radical (unpaired) electrons. The van der Waals surface area contributed by atoms with Crippen LogP contribution >= 0.6 is 0 Å². The summed E-state index contributed by atoms with van der Waals surface area (Å²) in [4.78, 5) is 28.6. The van der Waals surface area contributed by atoms with Crippen LogP contribution in [0.1, 0.15) is 119 Å². The molecule has 3 saturated carbocycles. The normalized spacial score (nSPS) is 36.5. The van der Waals surface area contributed by atoms with Gasteiger partial charge in [0.2, 0.25) is 5.91 Å². The van der Waals surface area contributed by atoms with Crippen LogP contribution in [0.15, 0.2) is 11.6 Å². The van der Waals surface area contributed by atoms with Gasteiger partial charge in [-0.3, -0.25) is 14.5 Å². The second-order valence-corrected chi connectivity index (χ2v) is 16.9. The lowest BCUT2D eigenvalue weighted by molar-refractivity contribution is -0.165. The molecule has 0 spiro atoms. The van der Waals surface area contributed by atoms with E-state index >= 15 is 0 Å². The first kappa shape index (κ1) is 33.9. The molecule has 5 aliphatic rings. The van der Waals surface area contributed by atoms with E-state index in [0.717, 1.165) is 87.6 Å². The molecule has 1 saturated heterocycles. The summed E-state index contributed by atoms with van der Waals surface area (Å²) in [6, 6.07) is 0. The van der Waals surface area contributed by atoms with Crippen molar-refractivity contribution >= 4 is 11.9 Å². The van der Waals surface area contributed by atoms with E-state index in [0.29, 0.717) is 12.0 Å². The zero-order chi connectivity index (χ0) is 31.7. The van der Waals surface area contributed by atoms with Gasteiger partial charge in [0.15, 0.2) is 0 Å². The minimum absolute atomic E-state index is 0.129. The topological polar surface area (TPSA) is 67.9 Å². The number of morpholine rings is 1. The van der Waals surface area contributed by atoms with Gasteiger partial charge in [0.25, 0.3) is 0 Å². The minimum atomic E-state index is -1.20. The average molecular weight is 613 g/mol. The van der Waals surface area contributed by atoms with Crippen molar-refractivity contribution in [1.82, 2.24) is 10.2 Å². The number of carbonyl (C=O) groups is 2. The number of fused-ring (bicyclic) bond motifs is 5. The Hall–Kier alpha value is -1.40. The summed E-state index contributed by atoms with van der Waals surface area (Å²) in [6.07, 6.45) is 16.2. The molecule has 0 bridgehead atoms. The Morgan fingerprint density at radius 2 is 1.80 bits per heavy atom. The number of esters is 1. The number of amides is 1. The molecule has 1 amide bonds. The lowest BCUT2D eigenvalue weighted by Gasteiger charge is -2.58. The first-order chi connectivity index (χ1) is 20.9. The summed E-state index contributed by atoms with van der Waals surface area (Å²) in [7, 11) is 0. The number of nitrogens with zero attached hydrogens (tertiary/aromatic N) is 1. The number of rotatable bonds is 11. The number of hydrogen-bond acceptors (Lipinski definition) is 5. The molecule has 6 heteroatoms. The molecule has 250 valence electrons. The molecular formula is C38H64N2O4. The molecule has 1 aliphatic heterocycles. The second kappa shape index (κ2) is 13.8. The van der Waals surface area contributed by atoms with Crippen molar-refractivity contribution in [2.24, 2.45) is 51.8 Å². The Morgan fingerprint density at radius 3 is 2.52 bits per heavy atom. The highest BCUT2D eigenvalue weighted by atomic mass is 16.5. The summed E-state index contributed by atoms with van der Waals surface area (Å²) >= 11 is 0. The smallest absolute Gasteiger partial charge is 0.321 e. The third-order valence-corrected chi connectivity index (χ3v) is 13.4. The number of hydrogen-bond donors (Lipinski definition) is 1. The zero-order valence-corrected chi connectivity index (χ0v) is 29.2. The largest absolute Gasteiger partial charge is 0.461 e. The Morgan fingerprint density at radius 1 is 1.05 bits per heavy atom. The van der Waals surface area contributed by atoms with Crippen molar-refractivity contribution in [2.45, 2.75) is 125 Å². The lowest BCUT2D eigenvalue weighted by atomic mass is 9.47. The summed E-state index contributed by atoms with van der Waals surface area (Å²) in [5, 5.41) is 2.98. The fraction of sp³-hybridized carbons (Fsp3) is 0.895. The Bertz CT molecular complexity index is 1050. The van der Waals surface area contributed by atoms with Gasteiger partial charge in [0, 0.05) is 32.6 Å². The van der Waals surface area contributed by atoms with E-state index in [4.69, 9.17) is 9.47 Å². The monoisotopic (exact) mass is 612 g/mol. The van der Waals surface area contributed by atoms with E-state index < -0.39 is 11.4 Å². The van der Waals surface area contributed by atoms with E-state index in [9.17, 15) is 9.59 Å². The predicted octanol–water partition coefficient (Wildman–Crippen LogP) is 7.41. The highest BCUT2D eigenvalue weighted by Gasteiger charge is 2.59. The van der Waals surface area contributed by atoms with Gasteiger partial charge < -0.3 is 14.8 Å². The Balaban J connectivity index is 1.16. The number of ether oxygens (including phenoxy) is 2. The first-order valence-electron chi connectivity index (χ1n) is 18.3. The molecule has 1 heterocycles. The number of carbonyl (C=O) groups excluding carboxylic acids is 2. The van der Waals surface area contributed by atoms with Crippen LogP contribution in [0.4, 0.5) is 0 Å². The molecule has 0 aromatic heterocycles. The van der Waals surface area contributed by atoms with Crippen LogP contribution in [0, 0.1) is 51.8 Å². The molecule has 5 rings (SSSR count). The average Bonchev–Trinajstić information content (AvgIpc) is 3.35. The third-order valence-electron chi connectivity index (χ3n) is 13.4. The van der Waals surface area contributed by atoms with Crippen LogP contribution in [0.25, 0.3) is 0 Å². The molecule has 44 heavy (non-hydrogen) atoms. The van der Waals surface area contributed by atoms with Gasteiger partial charge in [-0.15, -0.1) is 0 Å². The van der Waals surface area contributed by atoms with E-state index in [1.807, 2.05) is 0 Å². The van der Waals surface area contributed by atoms with Crippen molar-refractivity contribution in [3.8, 4) is 0 Å². The predicted molar refractivity (Wildman–Crippen MR) is 177 cm³/mol. The molecule has 1 N–H and O–H groups in total. The number of nitrogens with one attached hydrogen (secondary N) is 1. The molecular weight excluding hydrogens is 548 g/mol. The molecule has 6 nitrogen and oxygen atoms in total. The summed E-state index contributed by atoms with van der Waals surface area (Å²) in [5.74, 6) is 4.30. The molecule has 3 unspecified atom stereocenters. The first-order valence-corrected chi connectivity index (χ1v) is 18.3. The van der Waals surface area contributed by atoms with E-state index in [1.54, 1.807) is 13.8 Å².